The number of carbonyl (C=O) groups excluding carboxylic acids is 1. The van der Waals surface area contributed by atoms with Crippen molar-refractivity contribution in [3.63, 3.8) is 0 Å². The van der Waals surface area contributed by atoms with Gasteiger partial charge in [0.05, 0.1) is 0 Å². The fourth-order valence-electron chi connectivity index (χ4n) is 2.02. The van der Waals surface area contributed by atoms with Crippen LogP contribution in [0.15, 0.2) is 24.3 Å². The number of hydrogen-bond acceptors (Lipinski definition) is 2. The average Bonchev–Trinajstić information content (AvgIpc) is 2.28. The molecule has 0 fully saturated rings. The minimum absolute atomic E-state index is 0.160. The first-order chi connectivity index (χ1) is 7.98. The SMILES string of the molecule is CCCC(C)(COC(=O)Cl)c1ccc(C)cc1. The van der Waals surface area contributed by atoms with Gasteiger partial charge in [-0.1, -0.05) is 50.1 Å². The Morgan fingerprint density at radius 2 is 1.94 bits per heavy atom. The van der Waals surface area contributed by atoms with Gasteiger partial charge in [-0.3, -0.25) is 0 Å². The molecule has 0 amide bonds. The summed E-state index contributed by atoms with van der Waals surface area (Å²) in [5, 5.41) is 0. The van der Waals surface area contributed by atoms with E-state index in [-0.39, 0.29) is 5.41 Å². The van der Waals surface area contributed by atoms with Gasteiger partial charge in [0.2, 0.25) is 0 Å². The zero-order valence-corrected chi connectivity index (χ0v) is 11.4. The fourth-order valence-corrected chi connectivity index (χ4v) is 2.08. The highest BCUT2D eigenvalue weighted by molar-refractivity contribution is 6.61. The van der Waals surface area contributed by atoms with E-state index in [2.05, 4.69) is 45.0 Å². The number of hydrogen-bond donors (Lipinski definition) is 0. The molecule has 0 spiro atoms. The molecule has 0 aliphatic carbocycles. The van der Waals surface area contributed by atoms with Crippen LogP contribution in [0.1, 0.15) is 37.8 Å². The van der Waals surface area contributed by atoms with Crippen LogP contribution in [0.25, 0.3) is 0 Å². The molecule has 0 bridgehead atoms. The Morgan fingerprint density at radius 1 is 1.35 bits per heavy atom. The van der Waals surface area contributed by atoms with Crippen molar-refractivity contribution in [2.75, 3.05) is 6.61 Å². The molecule has 0 N–H and O–H groups in total. The Hall–Kier alpha value is -1.02. The van der Waals surface area contributed by atoms with Crippen LogP contribution in [-0.2, 0) is 10.2 Å². The Balaban J connectivity index is 2.89. The maximum absolute atomic E-state index is 10.7. The molecule has 1 aromatic carbocycles. The largest absolute Gasteiger partial charge is 0.453 e. The number of benzene rings is 1. The number of halogens is 1. The summed E-state index contributed by atoms with van der Waals surface area (Å²) in [6.45, 7) is 6.60. The molecule has 0 saturated heterocycles. The summed E-state index contributed by atoms with van der Waals surface area (Å²) < 4.78 is 4.97. The summed E-state index contributed by atoms with van der Waals surface area (Å²) in [6.07, 6.45) is 1.99. The van der Waals surface area contributed by atoms with E-state index in [0.29, 0.717) is 6.61 Å². The molecular weight excluding hydrogens is 236 g/mol. The van der Waals surface area contributed by atoms with Crippen molar-refractivity contribution in [1.29, 1.82) is 0 Å². The van der Waals surface area contributed by atoms with E-state index >= 15 is 0 Å². The lowest BCUT2D eigenvalue weighted by molar-refractivity contribution is 0.139. The van der Waals surface area contributed by atoms with Gasteiger partial charge in [-0.15, -0.1) is 0 Å². The molecule has 0 radical (unpaired) electrons. The van der Waals surface area contributed by atoms with Crippen molar-refractivity contribution < 1.29 is 9.53 Å². The highest BCUT2D eigenvalue weighted by atomic mass is 35.5. The van der Waals surface area contributed by atoms with E-state index in [1.165, 1.54) is 11.1 Å². The monoisotopic (exact) mass is 254 g/mol. The van der Waals surface area contributed by atoms with Crippen LogP contribution in [0.4, 0.5) is 4.79 Å². The second-order valence-electron chi connectivity index (χ2n) is 4.70. The summed E-state index contributed by atoms with van der Waals surface area (Å²) in [6, 6.07) is 8.33. The van der Waals surface area contributed by atoms with Gasteiger partial charge in [-0.25, -0.2) is 4.79 Å². The van der Waals surface area contributed by atoms with E-state index in [9.17, 15) is 4.79 Å². The molecule has 1 unspecified atom stereocenters. The average molecular weight is 255 g/mol. The molecule has 0 aliphatic heterocycles. The van der Waals surface area contributed by atoms with Crippen molar-refractivity contribution >= 4 is 17.0 Å². The van der Waals surface area contributed by atoms with Crippen molar-refractivity contribution in [3.05, 3.63) is 35.4 Å². The minimum Gasteiger partial charge on any atom is -0.453 e. The highest BCUT2D eigenvalue weighted by Crippen LogP contribution is 2.30. The molecule has 0 heterocycles. The maximum atomic E-state index is 10.7. The summed E-state index contributed by atoms with van der Waals surface area (Å²) in [7, 11) is 0. The highest BCUT2D eigenvalue weighted by Gasteiger charge is 2.27. The molecule has 0 aliphatic rings. The van der Waals surface area contributed by atoms with Gasteiger partial charge in [-0.2, -0.15) is 0 Å². The predicted octanol–water partition coefficient (Wildman–Crippen LogP) is 4.43. The molecule has 3 heteroatoms. The Labute approximate surface area is 108 Å². The van der Waals surface area contributed by atoms with Gasteiger partial charge in [0.25, 0.3) is 0 Å². The molecule has 1 atom stereocenters. The summed E-state index contributed by atoms with van der Waals surface area (Å²) in [5.41, 5.74) is 1.51. The molecule has 1 rings (SSSR count). The lowest BCUT2D eigenvalue weighted by atomic mass is 9.79. The van der Waals surface area contributed by atoms with E-state index in [1.807, 2.05) is 0 Å². The Morgan fingerprint density at radius 3 is 2.41 bits per heavy atom. The number of carbonyl (C=O) groups is 1. The predicted molar refractivity (Wildman–Crippen MR) is 70.6 cm³/mol. The van der Waals surface area contributed by atoms with E-state index < -0.39 is 5.43 Å². The number of ether oxygens (including phenoxy) is 1. The van der Waals surface area contributed by atoms with Gasteiger partial charge in [0, 0.05) is 17.0 Å². The molecule has 2 nitrogen and oxygen atoms in total. The Kier molecular flexibility index (Phi) is 5.01. The van der Waals surface area contributed by atoms with E-state index in [4.69, 9.17) is 16.3 Å². The topological polar surface area (TPSA) is 26.3 Å². The van der Waals surface area contributed by atoms with Crippen molar-refractivity contribution in [1.82, 2.24) is 0 Å². The van der Waals surface area contributed by atoms with Gasteiger partial charge in [0.1, 0.15) is 6.61 Å². The molecule has 94 valence electrons. The van der Waals surface area contributed by atoms with Crippen molar-refractivity contribution in [2.45, 2.75) is 39.0 Å². The third-order valence-electron chi connectivity index (χ3n) is 3.05. The first-order valence-corrected chi connectivity index (χ1v) is 6.25. The maximum Gasteiger partial charge on any atom is 0.403 e. The van der Waals surface area contributed by atoms with E-state index in [0.717, 1.165) is 12.8 Å². The lowest BCUT2D eigenvalue weighted by Gasteiger charge is -2.29. The van der Waals surface area contributed by atoms with Gasteiger partial charge >= 0.3 is 5.43 Å². The third-order valence-corrected chi connectivity index (χ3v) is 3.16. The van der Waals surface area contributed by atoms with Crippen LogP contribution in [0, 0.1) is 6.92 Å². The van der Waals surface area contributed by atoms with Gasteiger partial charge in [0.15, 0.2) is 0 Å². The Bertz CT molecular complexity index is 372. The fraction of sp³-hybridized carbons (Fsp3) is 0.500. The minimum atomic E-state index is -0.737. The molecule has 1 aromatic rings. The van der Waals surface area contributed by atoms with Crippen LogP contribution in [-0.4, -0.2) is 12.0 Å². The zero-order chi connectivity index (χ0) is 12.9. The first-order valence-electron chi connectivity index (χ1n) is 5.87. The molecule has 0 saturated carbocycles. The molecule has 17 heavy (non-hydrogen) atoms. The first kappa shape index (κ1) is 14.0. The molecular formula is C14H19ClO2. The van der Waals surface area contributed by atoms with Crippen LogP contribution in [0.5, 0.6) is 0 Å². The zero-order valence-electron chi connectivity index (χ0n) is 10.6. The quantitative estimate of drug-likeness (QED) is 0.727. The molecule has 0 aromatic heterocycles. The standard InChI is InChI=1S/C14H19ClO2/c1-4-9-14(3,10-17-13(15)16)12-7-5-11(2)6-8-12/h5-8H,4,9-10H2,1-3H3. The normalized spacial score (nSPS) is 14.1. The third kappa shape index (κ3) is 4.04. The lowest BCUT2D eigenvalue weighted by Crippen LogP contribution is -2.28. The number of rotatable bonds is 5. The van der Waals surface area contributed by atoms with Crippen LogP contribution in [0.2, 0.25) is 0 Å². The summed E-state index contributed by atoms with van der Waals surface area (Å²) in [5.74, 6) is 0. The second-order valence-corrected chi connectivity index (χ2v) is 5.01. The summed E-state index contributed by atoms with van der Waals surface area (Å²) in [4.78, 5) is 10.7. The van der Waals surface area contributed by atoms with Crippen molar-refractivity contribution in [3.8, 4) is 0 Å². The van der Waals surface area contributed by atoms with Crippen LogP contribution >= 0.6 is 11.6 Å². The van der Waals surface area contributed by atoms with Gasteiger partial charge in [-0.05, 0) is 18.9 Å². The summed E-state index contributed by atoms with van der Waals surface area (Å²) >= 11 is 5.24. The van der Waals surface area contributed by atoms with Gasteiger partial charge < -0.3 is 4.74 Å². The van der Waals surface area contributed by atoms with Crippen LogP contribution < -0.4 is 0 Å². The second kappa shape index (κ2) is 6.06. The van der Waals surface area contributed by atoms with Crippen LogP contribution in [0.3, 0.4) is 0 Å². The van der Waals surface area contributed by atoms with E-state index in [1.54, 1.807) is 0 Å². The smallest absolute Gasteiger partial charge is 0.403 e. The van der Waals surface area contributed by atoms with Crippen molar-refractivity contribution in [2.24, 2.45) is 0 Å². The number of aryl methyl sites for hydroxylation is 1.